The number of rotatable bonds is 7. The van der Waals surface area contributed by atoms with Gasteiger partial charge in [-0.25, -0.2) is 4.98 Å². The van der Waals surface area contributed by atoms with Crippen LogP contribution >= 0.6 is 11.6 Å². The van der Waals surface area contributed by atoms with E-state index >= 15 is 0 Å². The van der Waals surface area contributed by atoms with Crippen LogP contribution in [0, 0.1) is 6.92 Å². The number of nitrogens with one attached hydrogen (secondary N) is 1. The molecule has 0 radical (unpaired) electrons. The Morgan fingerprint density at radius 2 is 1.88 bits per heavy atom. The smallest absolute Gasteiger partial charge is 0.234 e. The van der Waals surface area contributed by atoms with Crippen molar-refractivity contribution in [1.82, 2.24) is 24.7 Å². The molecule has 7 heteroatoms. The highest BCUT2D eigenvalue weighted by atomic mass is 35.5. The number of halogens is 1. The minimum Gasteiger partial charge on any atom is -0.351 e. The SMILES string of the molecule is Cc1nccn1CCN1CCN(CC(=O)NCc2ccccc2Cl)CC1. The number of aryl methyl sites for hydroxylation is 1. The van der Waals surface area contributed by atoms with Crippen LogP contribution < -0.4 is 5.32 Å². The predicted octanol–water partition coefficient (Wildman–Crippen LogP) is 1.78. The summed E-state index contributed by atoms with van der Waals surface area (Å²) in [5.74, 6) is 1.10. The molecule has 0 aliphatic carbocycles. The summed E-state index contributed by atoms with van der Waals surface area (Å²) in [4.78, 5) is 21.1. The Morgan fingerprint density at radius 3 is 2.58 bits per heavy atom. The van der Waals surface area contributed by atoms with Crippen LogP contribution in [0.1, 0.15) is 11.4 Å². The van der Waals surface area contributed by atoms with E-state index in [4.69, 9.17) is 11.6 Å². The predicted molar refractivity (Wildman–Crippen MR) is 103 cm³/mol. The van der Waals surface area contributed by atoms with Crippen molar-refractivity contribution >= 4 is 17.5 Å². The van der Waals surface area contributed by atoms with Crippen LogP contribution in [-0.4, -0.2) is 64.5 Å². The Kier molecular flexibility index (Phi) is 6.66. The van der Waals surface area contributed by atoms with Crippen molar-refractivity contribution in [2.45, 2.75) is 20.0 Å². The van der Waals surface area contributed by atoms with Gasteiger partial charge in [0.2, 0.25) is 5.91 Å². The van der Waals surface area contributed by atoms with Crippen molar-refractivity contribution in [3.05, 3.63) is 53.1 Å². The van der Waals surface area contributed by atoms with Crippen LogP contribution in [-0.2, 0) is 17.9 Å². The van der Waals surface area contributed by atoms with Gasteiger partial charge >= 0.3 is 0 Å². The maximum Gasteiger partial charge on any atom is 0.234 e. The standard InChI is InChI=1S/C19H26ClN5O/c1-16-21-6-7-25(16)13-12-23-8-10-24(11-9-23)15-19(26)22-14-17-4-2-3-5-18(17)20/h2-7H,8-15H2,1H3,(H,22,26). The highest BCUT2D eigenvalue weighted by Crippen LogP contribution is 2.14. The van der Waals surface area contributed by atoms with Gasteiger partial charge in [0, 0.05) is 63.2 Å². The van der Waals surface area contributed by atoms with Gasteiger partial charge < -0.3 is 9.88 Å². The van der Waals surface area contributed by atoms with Crippen molar-refractivity contribution in [3.63, 3.8) is 0 Å². The average Bonchev–Trinajstić information content (AvgIpc) is 3.05. The maximum absolute atomic E-state index is 12.2. The first-order valence-electron chi connectivity index (χ1n) is 9.04. The summed E-state index contributed by atoms with van der Waals surface area (Å²) >= 11 is 6.12. The molecule has 140 valence electrons. The quantitative estimate of drug-likeness (QED) is 0.801. The minimum atomic E-state index is 0.0485. The van der Waals surface area contributed by atoms with E-state index in [1.54, 1.807) is 0 Å². The van der Waals surface area contributed by atoms with Crippen molar-refractivity contribution < 1.29 is 4.79 Å². The summed E-state index contributed by atoms with van der Waals surface area (Å²) in [7, 11) is 0. The average molecular weight is 376 g/mol. The van der Waals surface area contributed by atoms with Gasteiger partial charge in [-0.15, -0.1) is 0 Å². The molecule has 1 fully saturated rings. The molecule has 1 aromatic heterocycles. The number of aromatic nitrogens is 2. The van der Waals surface area contributed by atoms with E-state index in [0.717, 1.165) is 50.7 Å². The topological polar surface area (TPSA) is 53.4 Å². The lowest BCUT2D eigenvalue weighted by atomic mass is 10.2. The molecule has 0 bridgehead atoms. The van der Waals surface area contributed by atoms with Gasteiger partial charge in [0.25, 0.3) is 0 Å². The molecule has 6 nitrogen and oxygen atoms in total. The monoisotopic (exact) mass is 375 g/mol. The van der Waals surface area contributed by atoms with Gasteiger partial charge in [0.05, 0.1) is 6.54 Å². The number of piperazine rings is 1. The second-order valence-electron chi connectivity index (χ2n) is 6.65. The summed E-state index contributed by atoms with van der Waals surface area (Å²) in [6.45, 7) is 8.75. The Labute approximate surface area is 159 Å². The molecule has 1 aromatic carbocycles. The fourth-order valence-electron chi connectivity index (χ4n) is 3.15. The first-order valence-corrected chi connectivity index (χ1v) is 9.42. The molecule has 3 rings (SSSR count). The highest BCUT2D eigenvalue weighted by Gasteiger charge is 2.18. The molecule has 2 aromatic rings. The van der Waals surface area contributed by atoms with Crippen molar-refractivity contribution in [2.75, 3.05) is 39.3 Å². The maximum atomic E-state index is 12.2. The Hall–Kier alpha value is -1.89. The third-order valence-corrected chi connectivity index (χ3v) is 5.22. The number of nitrogens with zero attached hydrogens (tertiary/aromatic N) is 4. The number of carbonyl (C=O) groups is 1. The van der Waals surface area contributed by atoms with Crippen LogP contribution in [0.25, 0.3) is 0 Å². The summed E-state index contributed by atoms with van der Waals surface area (Å²) < 4.78 is 2.18. The van der Waals surface area contributed by atoms with Gasteiger partial charge in [-0.1, -0.05) is 29.8 Å². The minimum absolute atomic E-state index is 0.0485. The number of carbonyl (C=O) groups excluding carboxylic acids is 1. The molecule has 26 heavy (non-hydrogen) atoms. The molecule has 1 aliphatic heterocycles. The van der Waals surface area contributed by atoms with E-state index in [1.807, 2.05) is 43.6 Å². The van der Waals surface area contributed by atoms with Crippen LogP contribution in [0.5, 0.6) is 0 Å². The zero-order chi connectivity index (χ0) is 18.4. The van der Waals surface area contributed by atoms with E-state index in [-0.39, 0.29) is 5.91 Å². The number of hydrogen-bond acceptors (Lipinski definition) is 4. The Bertz CT molecular complexity index is 724. The zero-order valence-corrected chi connectivity index (χ0v) is 16.0. The lowest BCUT2D eigenvalue weighted by Gasteiger charge is -2.34. The Morgan fingerprint density at radius 1 is 1.15 bits per heavy atom. The van der Waals surface area contributed by atoms with E-state index in [9.17, 15) is 4.79 Å². The lowest BCUT2D eigenvalue weighted by molar-refractivity contribution is -0.122. The summed E-state index contributed by atoms with van der Waals surface area (Å²) in [6, 6.07) is 7.59. The van der Waals surface area contributed by atoms with E-state index in [0.29, 0.717) is 18.1 Å². The second kappa shape index (κ2) is 9.16. The van der Waals surface area contributed by atoms with E-state index < -0.39 is 0 Å². The molecule has 0 atom stereocenters. The largest absolute Gasteiger partial charge is 0.351 e. The van der Waals surface area contributed by atoms with Crippen LogP contribution in [0.3, 0.4) is 0 Å². The van der Waals surface area contributed by atoms with Gasteiger partial charge in [-0.3, -0.25) is 14.6 Å². The molecule has 0 saturated carbocycles. The van der Waals surface area contributed by atoms with Crippen molar-refractivity contribution in [2.24, 2.45) is 0 Å². The molecule has 1 N–H and O–H groups in total. The number of imidazole rings is 1. The molecule has 1 amide bonds. The van der Waals surface area contributed by atoms with Gasteiger partial charge in [-0.2, -0.15) is 0 Å². The van der Waals surface area contributed by atoms with Gasteiger partial charge in [-0.05, 0) is 18.6 Å². The van der Waals surface area contributed by atoms with Crippen molar-refractivity contribution in [1.29, 1.82) is 0 Å². The first-order chi connectivity index (χ1) is 12.6. The van der Waals surface area contributed by atoms with Gasteiger partial charge in [0.1, 0.15) is 5.82 Å². The fraction of sp³-hybridized carbons (Fsp3) is 0.474. The molecular weight excluding hydrogens is 350 g/mol. The number of amides is 1. The molecule has 2 heterocycles. The highest BCUT2D eigenvalue weighted by molar-refractivity contribution is 6.31. The summed E-state index contributed by atoms with van der Waals surface area (Å²) in [5.41, 5.74) is 0.946. The van der Waals surface area contributed by atoms with Crippen LogP contribution in [0.2, 0.25) is 5.02 Å². The molecular formula is C19H26ClN5O. The third-order valence-electron chi connectivity index (χ3n) is 4.85. The molecule has 1 aliphatic rings. The zero-order valence-electron chi connectivity index (χ0n) is 15.2. The van der Waals surface area contributed by atoms with Crippen LogP contribution in [0.15, 0.2) is 36.7 Å². The molecule has 0 spiro atoms. The summed E-state index contributed by atoms with van der Waals surface area (Å²) in [6.07, 6.45) is 3.86. The fourth-order valence-corrected chi connectivity index (χ4v) is 3.36. The normalized spacial score (nSPS) is 15.9. The van der Waals surface area contributed by atoms with Crippen LogP contribution in [0.4, 0.5) is 0 Å². The van der Waals surface area contributed by atoms with Gasteiger partial charge in [0.15, 0.2) is 0 Å². The third kappa shape index (κ3) is 5.30. The van der Waals surface area contributed by atoms with E-state index in [1.165, 1.54) is 0 Å². The Balaban J connectivity index is 1.35. The second-order valence-corrected chi connectivity index (χ2v) is 7.06. The van der Waals surface area contributed by atoms with Crippen molar-refractivity contribution in [3.8, 4) is 0 Å². The number of benzene rings is 1. The lowest BCUT2D eigenvalue weighted by Crippen LogP contribution is -2.49. The summed E-state index contributed by atoms with van der Waals surface area (Å²) in [5, 5.41) is 3.65. The number of hydrogen-bond donors (Lipinski definition) is 1. The molecule has 1 saturated heterocycles. The first kappa shape index (κ1) is 18.9. The van der Waals surface area contributed by atoms with E-state index in [2.05, 4.69) is 24.7 Å². The molecule has 0 unspecified atom stereocenters.